The molecule has 0 N–H and O–H groups in total. The number of sulfone groups is 1. The van der Waals surface area contributed by atoms with E-state index in [1.807, 2.05) is 0 Å². The summed E-state index contributed by atoms with van der Waals surface area (Å²) in [6.45, 7) is 4.76. The molecule has 1 aromatic carbocycles. The topological polar surface area (TPSA) is 43.4 Å². The molecule has 0 spiro atoms. The summed E-state index contributed by atoms with van der Waals surface area (Å²) in [5.74, 6) is -0.752. The Morgan fingerprint density at radius 2 is 1.94 bits per heavy atom. The monoisotopic (exact) mass is 294 g/mol. The van der Waals surface area contributed by atoms with Crippen LogP contribution in [0.1, 0.15) is 20.8 Å². The predicted octanol–water partition coefficient (Wildman–Crippen LogP) is 3.07. The van der Waals surface area contributed by atoms with Crippen molar-refractivity contribution in [1.82, 2.24) is 0 Å². The molecule has 1 rings (SSSR count). The number of ether oxygens (including phenoxy) is 1. The van der Waals surface area contributed by atoms with Crippen molar-refractivity contribution in [3.8, 4) is 5.75 Å². The van der Waals surface area contributed by atoms with Gasteiger partial charge < -0.3 is 4.74 Å². The lowest BCUT2D eigenvalue weighted by atomic mass is 10.3. The van der Waals surface area contributed by atoms with E-state index in [2.05, 4.69) is 0 Å². The maximum Gasteiger partial charge on any atom is 0.166 e. The third-order valence-electron chi connectivity index (χ3n) is 2.44. The van der Waals surface area contributed by atoms with Crippen molar-refractivity contribution in [2.75, 3.05) is 12.4 Å². The van der Waals surface area contributed by atoms with Crippen molar-refractivity contribution in [2.24, 2.45) is 0 Å². The Balaban J connectivity index is 2.63. The first kappa shape index (κ1) is 15.2. The summed E-state index contributed by atoms with van der Waals surface area (Å²) in [6, 6.07) is 3.98. The summed E-state index contributed by atoms with van der Waals surface area (Å²) in [5.41, 5.74) is 0. The maximum absolute atomic E-state index is 13.3. The zero-order chi connectivity index (χ0) is 14.0. The van der Waals surface area contributed by atoms with E-state index in [0.717, 1.165) is 6.07 Å². The second kappa shape index (κ2) is 5.45. The fraction of sp³-hybridized carbons (Fsp3) is 0.500. The summed E-state index contributed by atoms with van der Waals surface area (Å²) in [4.78, 5) is 0. The third kappa shape index (κ3) is 3.85. The SMILES string of the molecule is CC(C)(C)S(=O)(=O)CCOc1ccc(Cl)cc1F. The molecule has 0 saturated carbocycles. The van der Waals surface area contributed by atoms with Crippen molar-refractivity contribution in [3.63, 3.8) is 0 Å². The highest BCUT2D eigenvalue weighted by atomic mass is 35.5. The van der Waals surface area contributed by atoms with Gasteiger partial charge in [-0.25, -0.2) is 12.8 Å². The Labute approximate surface area is 112 Å². The molecule has 0 radical (unpaired) electrons. The van der Waals surface area contributed by atoms with Gasteiger partial charge in [-0.3, -0.25) is 0 Å². The van der Waals surface area contributed by atoms with Gasteiger partial charge in [0.05, 0.1) is 10.5 Å². The lowest BCUT2D eigenvalue weighted by molar-refractivity contribution is 0.321. The molecular weight excluding hydrogens is 279 g/mol. The van der Waals surface area contributed by atoms with Crippen LogP contribution in [-0.4, -0.2) is 25.5 Å². The van der Waals surface area contributed by atoms with Crippen LogP contribution in [0, 0.1) is 5.82 Å². The lowest BCUT2D eigenvalue weighted by Crippen LogP contribution is -2.32. The molecule has 6 heteroatoms. The molecule has 0 aliphatic rings. The van der Waals surface area contributed by atoms with Gasteiger partial charge >= 0.3 is 0 Å². The molecule has 0 aliphatic carbocycles. The summed E-state index contributed by atoms with van der Waals surface area (Å²) in [5, 5.41) is 0.266. The average Bonchev–Trinajstić information content (AvgIpc) is 2.19. The van der Waals surface area contributed by atoms with Gasteiger partial charge in [0.15, 0.2) is 21.4 Å². The number of rotatable bonds is 4. The number of hydrogen-bond acceptors (Lipinski definition) is 3. The highest BCUT2D eigenvalue weighted by molar-refractivity contribution is 7.92. The molecule has 102 valence electrons. The van der Waals surface area contributed by atoms with Gasteiger partial charge in [0.25, 0.3) is 0 Å². The van der Waals surface area contributed by atoms with Gasteiger partial charge in [-0.2, -0.15) is 0 Å². The van der Waals surface area contributed by atoms with Crippen molar-refractivity contribution >= 4 is 21.4 Å². The molecule has 0 aliphatic heterocycles. The first-order valence-corrected chi connectivity index (χ1v) is 7.47. The molecule has 0 atom stereocenters. The van der Waals surface area contributed by atoms with Gasteiger partial charge in [-0.15, -0.1) is 0 Å². The van der Waals surface area contributed by atoms with Crippen LogP contribution in [0.25, 0.3) is 0 Å². The molecule has 1 aromatic rings. The fourth-order valence-electron chi connectivity index (χ4n) is 1.16. The lowest BCUT2D eigenvalue weighted by Gasteiger charge is -2.19. The number of halogens is 2. The molecule has 0 amide bonds. The maximum atomic E-state index is 13.3. The highest BCUT2D eigenvalue weighted by Crippen LogP contribution is 2.21. The second-order valence-corrected chi connectivity index (χ2v) is 8.15. The van der Waals surface area contributed by atoms with E-state index in [-0.39, 0.29) is 23.1 Å². The van der Waals surface area contributed by atoms with Crippen molar-refractivity contribution < 1.29 is 17.5 Å². The van der Waals surface area contributed by atoms with E-state index in [1.165, 1.54) is 12.1 Å². The second-order valence-electron chi connectivity index (χ2n) is 4.85. The van der Waals surface area contributed by atoms with Crippen LogP contribution in [-0.2, 0) is 9.84 Å². The Morgan fingerprint density at radius 3 is 2.44 bits per heavy atom. The number of benzene rings is 1. The largest absolute Gasteiger partial charge is 0.489 e. The normalized spacial score (nSPS) is 12.5. The molecule has 3 nitrogen and oxygen atoms in total. The summed E-state index contributed by atoms with van der Waals surface area (Å²) in [6.07, 6.45) is 0. The molecule has 0 saturated heterocycles. The van der Waals surface area contributed by atoms with E-state index < -0.39 is 20.4 Å². The Kier molecular flexibility index (Phi) is 4.61. The Bertz CT molecular complexity index is 521. The number of hydrogen-bond donors (Lipinski definition) is 0. The fourth-order valence-corrected chi connectivity index (χ4v) is 2.23. The predicted molar refractivity (Wildman–Crippen MR) is 70.4 cm³/mol. The van der Waals surface area contributed by atoms with Gasteiger partial charge in [0.2, 0.25) is 0 Å². The summed E-state index contributed by atoms with van der Waals surface area (Å²) < 4.78 is 41.2. The molecule has 0 unspecified atom stereocenters. The molecular formula is C12H16ClFO3S. The van der Waals surface area contributed by atoms with Crippen LogP contribution in [0.5, 0.6) is 5.75 Å². The third-order valence-corrected chi connectivity index (χ3v) is 5.24. The zero-order valence-electron chi connectivity index (χ0n) is 10.5. The van der Waals surface area contributed by atoms with Crippen LogP contribution < -0.4 is 4.74 Å². The zero-order valence-corrected chi connectivity index (χ0v) is 12.1. The van der Waals surface area contributed by atoms with Gasteiger partial charge in [0, 0.05) is 5.02 Å². The molecule has 18 heavy (non-hydrogen) atoms. The summed E-state index contributed by atoms with van der Waals surface area (Å²) >= 11 is 5.59. The molecule has 0 bridgehead atoms. The smallest absolute Gasteiger partial charge is 0.166 e. The van der Waals surface area contributed by atoms with Gasteiger partial charge in [0.1, 0.15) is 6.61 Å². The quantitative estimate of drug-likeness (QED) is 0.857. The molecule has 0 heterocycles. The van der Waals surface area contributed by atoms with Gasteiger partial charge in [-0.1, -0.05) is 11.6 Å². The minimum absolute atomic E-state index is 0.00325. The Morgan fingerprint density at radius 1 is 1.33 bits per heavy atom. The van der Waals surface area contributed by atoms with Crippen LogP contribution in [0.3, 0.4) is 0 Å². The van der Waals surface area contributed by atoms with E-state index in [0.29, 0.717) is 0 Å². The van der Waals surface area contributed by atoms with E-state index in [9.17, 15) is 12.8 Å². The summed E-state index contributed by atoms with van der Waals surface area (Å²) in [7, 11) is -3.26. The van der Waals surface area contributed by atoms with Crippen LogP contribution in [0.15, 0.2) is 18.2 Å². The minimum atomic E-state index is -3.26. The molecule has 0 fully saturated rings. The van der Waals surface area contributed by atoms with Crippen molar-refractivity contribution in [2.45, 2.75) is 25.5 Å². The highest BCUT2D eigenvalue weighted by Gasteiger charge is 2.28. The van der Waals surface area contributed by atoms with Crippen molar-refractivity contribution in [1.29, 1.82) is 0 Å². The average molecular weight is 295 g/mol. The molecule has 0 aromatic heterocycles. The first-order chi connectivity index (χ1) is 8.13. The van der Waals surface area contributed by atoms with Crippen LogP contribution >= 0.6 is 11.6 Å². The van der Waals surface area contributed by atoms with Crippen molar-refractivity contribution in [3.05, 3.63) is 29.0 Å². The minimum Gasteiger partial charge on any atom is -0.489 e. The van der Waals surface area contributed by atoms with E-state index in [4.69, 9.17) is 16.3 Å². The first-order valence-electron chi connectivity index (χ1n) is 5.43. The standard InChI is InChI=1S/C12H16ClFO3S/c1-12(2,3)18(15,16)7-6-17-11-5-4-9(13)8-10(11)14/h4-5,8H,6-7H2,1-3H3. The van der Waals surface area contributed by atoms with E-state index >= 15 is 0 Å². The van der Waals surface area contributed by atoms with Crippen LogP contribution in [0.2, 0.25) is 5.02 Å². The Hall–Kier alpha value is -0.810. The van der Waals surface area contributed by atoms with E-state index in [1.54, 1.807) is 20.8 Å². The van der Waals surface area contributed by atoms with Crippen LogP contribution in [0.4, 0.5) is 4.39 Å². The van der Waals surface area contributed by atoms with Gasteiger partial charge in [-0.05, 0) is 39.0 Å².